The lowest BCUT2D eigenvalue weighted by Gasteiger charge is -2.40. The normalized spacial score (nSPS) is 22.1. The SMILES string of the molecule is Cc1noc(C)c1CN1C[C@](C)(c2ccccc2)CCC1=O. The highest BCUT2D eigenvalue weighted by atomic mass is 16.5. The van der Waals surface area contributed by atoms with Crippen LogP contribution >= 0.6 is 0 Å². The van der Waals surface area contributed by atoms with Crippen LogP contribution in [0.5, 0.6) is 0 Å². The van der Waals surface area contributed by atoms with Crippen molar-refractivity contribution >= 4 is 5.91 Å². The summed E-state index contributed by atoms with van der Waals surface area (Å²) in [5, 5.41) is 3.99. The van der Waals surface area contributed by atoms with Crippen LogP contribution in [-0.2, 0) is 16.8 Å². The summed E-state index contributed by atoms with van der Waals surface area (Å²) in [4.78, 5) is 14.3. The van der Waals surface area contributed by atoms with Gasteiger partial charge in [-0.25, -0.2) is 0 Å². The molecule has 1 atom stereocenters. The van der Waals surface area contributed by atoms with Gasteiger partial charge in [0.2, 0.25) is 5.91 Å². The van der Waals surface area contributed by atoms with Gasteiger partial charge in [0.25, 0.3) is 0 Å². The van der Waals surface area contributed by atoms with Crippen molar-refractivity contribution in [1.29, 1.82) is 0 Å². The highest BCUT2D eigenvalue weighted by Gasteiger charge is 2.36. The van der Waals surface area contributed by atoms with E-state index in [9.17, 15) is 4.79 Å². The zero-order valence-corrected chi connectivity index (χ0v) is 13.4. The molecule has 3 rings (SSSR count). The van der Waals surface area contributed by atoms with E-state index in [4.69, 9.17) is 4.52 Å². The molecule has 0 aliphatic carbocycles. The Hall–Kier alpha value is -2.10. The fourth-order valence-electron chi connectivity index (χ4n) is 3.27. The molecule has 1 aliphatic heterocycles. The summed E-state index contributed by atoms with van der Waals surface area (Å²) in [6.07, 6.45) is 1.49. The Morgan fingerprint density at radius 2 is 2.00 bits per heavy atom. The first-order valence-corrected chi connectivity index (χ1v) is 7.75. The Bertz CT molecular complexity index is 658. The van der Waals surface area contributed by atoms with Crippen LogP contribution in [0.15, 0.2) is 34.9 Å². The van der Waals surface area contributed by atoms with Crippen LogP contribution < -0.4 is 0 Å². The number of carbonyl (C=O) groups excluding carboxylic acids is 1. The van der Waals surface area contributed by atoms with Crippen LogP contribution in [-0.4, -0.2) is 22.5 Å². The van der Waals surface area contributed by atoms with E-state index in [2.05, 4.69) is 36.3 Å². The molecule has 1 aromatic carbocycles. The monoisotopic (exact) mass is 298 g/mol. The van der Waals surface area contributed by atoms with Crippen molar-refractivity contribution in [2.24, 2.45) is 0 Å². The van der Waals surface area contributed by atoms with Gasteiger partial charge in [0.15, 0.2) is 0 Å². The molecule has 0 saturated carbocycles. The van der Waals surface area contributed by atoms with Gasteiger partial charge >= 0.3 is 0 Å². The Labute approximate surface area is 131 Å². The average molecular weight is 298 g/mol. The van der Waals surface area contributed by atoms with Crippen LogP contribution in [0.4, 0.5) is 0 Å². The van der Waals surface area contributed by atoms with E-state index >= 15 is 0 Å². The maximum absolute atomic E-state index is 12.3. The minimum atomic E-state index is 0.00808. The second kappa shape index (κ2) is 5.59. The minimum absolute atomic E-state index is 0.00808. The summed E-state index contributed by atoms with van der Waals surface area (Å²) in [7, 11) is 0. The number of piperidine rings is 1. The molecule has 0 spiro atoms. The summed E-state index contributed by atoms with van der Waals surface area (Å²) < 4.78 is 5.22. The van der Waals surface area contributed by atoms with Gasteiger partial charge in [0.1, 0.15) is 5.76 Å². The molecule has 4 nitrogen and oxygen atoms in total. The highest BCUT2D eigenvalue weighted by Crippen LogP contribution is 2.35. The maximum Gasteiger partial charge on any atom is 0.222 e. The van der Waals surface area contributed by atoms with Gasteiger partial charge in [0, 0.05) is 23.9 Å². The predicted molar refractivity (Wildman–Crippen MR) is 84.4 cm³/mol. The quantitative estimate of drug-likeness (QED) is 0.872. The molecular weight excluding hydrogens is 276 g/mol. The van der Waals surface area contributed by atoms with E-state index in [1.54, 1.807) is 0 Å². The number of benzene rings is 1. The molecule has 1 aliphatic rings. The largest absolute Gasteiger partial charge is 0.361 e. The molecule has 2 heterocycles. The van der Waals surface area contributed by atoms with E-state index in [-0.39, 0.29) is 11.3 Å². The summed E-state index contributed by atoms with van der Waals surface area (Å²) in [6.45, 7) is 7.40. The van der Waals surface area contributed by atoms with E-state index in [0.717, 1.165) is 30.0 Å². The predicted octanol–water partition coefficient (Wildman–Crippen LogP) is 3.37. The molecule has 116 valence electrons. The molecule has 22 heavy (non-hydrogen) atoms. The van der Waals surface area contributed by atoms with Crippen molar-refractivity contribution in [2.75, 3.05) is 6.54 Å². The maximum atomic E-state index is 12.3. The average Bonchev–Trinajstić information content (AvgIpc) is 2.84. The lowest BCUT2D eigenvalue weighted by Crippen LogP contribution is -2.47. The number of rotatable bonds is 3. The van der Waals surface area contributed by atoms with Gasteiger partial charge < -0.3 is 9.42 Å². The minimum Gasteiger partial charge on any atom is -0.361 e. The third-order valence-corrected chi connectivity index (χ3v) is 4.78. The van der Waals surface area contributed by atoms with E-state index < -0.39 is 0 Å². The summed E-state index contributed by atoms with van der Waals surface area (Å²) in [6, 6.07) is 10.5. The van der Waals surface area contributed by atoms with Crippen LogP contribution in [0.3, 0.4) is 0 Å². The molecule has 0 bridgehead atoms. The molecule has 0 N–H and O–H groups in total. The van der Waals surface area contributed by atoms with Crippen LogP contribution in [0.2, 0.25) is 0 Å². The first-order chi connectivity index (χ1) is 10.5. The fraction of sp³-hybridized carbons (Fsp3) is 0.444. The third kappa shape index (κ3) is 2.65. The standard InChI is InChI=1S/C18H22N2O2/c1-13-16(14(2)22-19-13)11-20-12-18(3,10-9-17(20)21)15-7-5-4-6-8-15/h4-8H,9-12H2,1-3H3/t18-/m1/s1. The molecule has 0 radical (unpaired) electrons. The number of hydrogen-bond acceptors (Lipinski definition) is 3. The molecule has 1 amide bonds. The van der Waals surface area contributed by atoms with Crippen LogP contribution in [0, 0.1) is 13.8 Å². The Morgan fingerprint density at radius 3 is 2.64 bits per heavy atom. The smallest absolute Gasteiger partial charge is 0.222 e. The van der Waals surface area contributed by atoms with Crippen molar-refractivity contribution in [3.05, 3.63) is 52.9 Å². The zero-order chi connectivity index (χ0) is 15.7. The van der Waals surface area contributed by atoms with E-state index in [1.807, 2.05) is 24.8 Å². The molecule has 1 fully saturated rings. The second-order valence-corrected chi connectivity index (χ2v) is 6.48. The van der Waals surface area contributed by atoms with Crippen LogP contribution in [0.25, 0.3) is 0 Å². The zero-order valence-electron chi connectivity index (χ0n) is 13.4. The van der Waals surface area contributed by atoms with E-state index in [1.165, 1.54) is 5.56 Å². The topological polar surface area (TPSA) is 46.3 Å². The number of aryl methyl sites for hydroxylation is 2. The Morgan fingerprint density at radius 1 is 1.27 bits per heavy atom. The fourth-order valence-corrected chi connectivity index (χ4v) is 3.27. The van der Waals surface area contributed by atoms with Crippen molar-refractivity contribution < 1.29 is 9.32 Å². The third-order valence-electron chi connectivity index (χ3n) is 4.78. The number of aromatic nitrogens is 1. The van der Waals surface area contributed by atoms with Gasteiger partial charge in [-0.05, 0) is 25.8 Å². The van der Waals surface area contributed by atoms with Crippen molar-refractivity contribution in [3.63, 3.8) is 0 Å². The van der Waals surface area contributed by atoms with E-state index in [0.29, 0.717) is 13.0 Å². The lowest BCUT2D eigenvalue weighted by molar-refractivity contribution is -0.136. The number of likely N-dealkylation sites (tertiary alicyclic amines) is 1. The van der Waals surface area contributed by atoms with Crippen molar-refractivity contribution in [1.82, 2.24) is 10.1 Å². The molecule has 4 heteroatoms. The number of hydrogen-bond donors (Lipinski definition) is 0. The summed E-state index contributed by atoms with van der Waals surface area (Å²) in [5.41, 5.74) is 3.21. The van der Waals surface area contributed by atoms with Gasteiger partial charge in [0.05, 0.1) is 12.2 Å². The highest BCUT2D eigenvalue weighted by molar-refractivity contribution is 5.77. The molecule has 1 saturated heterocycles. The molecular formula is C18H22N2O2. The van der Waals surface area contributed by atoms with Gasteiger partial charge in [-0.1, -0.05) is 42.4 Å². The summed E-state index contributed by atoms with van der Waals surface area (Å²) in [5.74, 6) is 1.02. The van der Waals surface area contributed by atoms with Crippen molar-refractivity contribution in [2.45, 2.75) is 45.6 Å². The van der Waals surface area contributed by atoms with Gasteiger partial charge in [-0.3, -0.25) is 4.79 Å². The Balaban J connectivity index is 1.84. The first-order valence-electron chi connectivity index (χ1n) is 7.75. The first kappa shape index (κ1) is 14.8. The number of carbonyl (C=O) groups is 1. The second-order valence-electron chi connectivity index (χ2n) is 6.48. The molecule has 2 aromatic rings. The number of nitrogens with zero attached hydrogens (tertiary/aromatic N) is 2. The lowest BCUT2D eigenvalue weighted by atomic mass is 9.75. The molecule has 0 unspecified atom stereocenters. The molecule has 1 aromatic heterocycles. The van der Waals surface area contributed by atoms with Crippen molar-refractivity contribution in [3.8, 4) is 0 Å². The van der Waals surface area contributed by atoms with Gasteiger partial charge in [-0.15, -0.1) is 0 Å². The van der Waals surface area contributed by atoms with Gasteiger partial charge in [-0.2, -0.15) is 0 Å². The Kier molecular flexibility index (Phi) is 3.77. The number of amides is 1. The van der Waals surface area contributed by atoms with Crippen LogP contribution in [0.1, 0.15) is 42.3 Å². The summed E-state index contributed by atoms with van der Waals surface area (Å²) >= 11 is 0.